The van der Waals surface area contributed by atoms with E-state index in [9.17, 15) is 4.39 Å². The zero-order chi connectivity index (χ0) is 13.9. The molecule has 0 spiro atoms. The van der Waals surface area contributed by atoms with E-state index in [1.807, 2.05) is 13.1 Å². The normalized spacial score (nSPS) is 17.8. The minimum Gasteiger partial charge on any atom is -0.369 e. The van der Waals surface area contributed by atoms with E-state index in [-0.39, 0.29) is 11.4 Å². The van der Waals surface area contributed by atoms with E-state index in [1.54, 1.807) is 12.1 Å². The number of anilines is 1. The monoisotopic (exact) mass is 265 g/mol. The standard InChI is InChI=1S/C15H24FN3/c1-15(2,12-17-3)19-9-7-18(8-10-19)14-6-4-5-13(16)11-14/h4-6,11,17H,7-10,12H2,1-3H3. The highest BCUT2D eigenvalue weighted by atomic mass is 19.1. The van der Waals surface area contributed by atoms with Crippen LogP contribution in [0.2, 0.25) is 0 Å². The Bertz CT molecular complexity index is 412. The molecule has 1 aliphatic heterocycles. The zero-order valence-electron chi connectivity index (χ0n) is 12.1. The lowest BCUT2D eigenvalue weighted by Crippen LogP contribution is -2.57. The Kier molecular flexibility index (Phi) is 4.42. The van der Waals surface area contributed by atoms with Crippen molar-refractivity contribution in [2.45, 2.75) is 19.4 Å². The predicted octanol–water partition coefficient (Wildman–Crippen LogP) is 1.95. The summed E-state index contributed by atoms with van der Waals surface area (Å²) >= 11 is 0. The van der Waals surface area contributed by atoms with Gasteiger partial charge >= 0.3 is 0 Å². The summed E-state index contributed by atoms with van der Waals surface area (Å²) in [5, 5.41) is 3.25. The average molecular weight is 265 g/mol. The molecule has 2 rings (SSSR count). The molecule has 0 unspecified atom stereocenters. The van der Waals surface area contributed by atoms with E-state index in [2.05, 4.69) is 29.0 Å². The van der Waals surface area contributed by atoms with E-state index >= 15 is 0 Å². The molecule has 0 saturated carbocycles. The third kappa shape index (κ3) is 3.45. The van der Waals surface area contributed by atoms with Crippen molar-refractivity contribution in [1.29, 1.82) is 0 Å². The number of nitrogens with zero attached hydrogens (tertiary/aromatic N) is 2. The Morgan fingerprint density at radius 1 is 1.21 bits per heavy atom. The lowest BCUT2D eigenvalue weighted by Gasteiger charge is -2.44. The summed E-state index contributed by atoms with van der Waals surface area (Å²) < 4.78 is 13.2. The van der Waals surface area contributed by atoms with Gasteiger partial charge in [0, 0.05) is 44.0 Å². The van der Waals surface area contributed by atoms with Gasteiger partial charge in [0.05, 0.1) is 0 Å². The van der Waals surface area contributed by atoms with Crippen molar-refractivity contribution in [3.05, 3.63) is 30.1 Å². The molecule has 0 radical (unpaired) electrons. The van der Waals surface area contributed by atoms with E-state index in [0.29, 0.717) is 0 Å². The number of nitrogens with one attached hydrogen (secondary N) is 1. The molecule has 1 aromatic rings. The van der Waals surface area contributed by atoms with Crippen molar-refractivity contribution in [3.8, 4) is 0 Å². The second-order valence-corrected chi connectivity index (χ2v) is 5.80. The first-order valence-electron chi connectivity index (χ1n) is 6.93. The maximum absolute atomic E-state index is 13.2. The Hall–Kier alpha value is -1.13. The van der Waals surface area contributed by atoms with Crippen LogP contribution < -0.4 is 10.2 Å². The largest absolute Gasteiger partial charge is 0.369 e. The first-order valence-corrected chi connectivity index (χ1v) is 6.93. The Labute approximate surface area is 115 Å². The fourth-order valence-electron chi connectivity index (χ4n) is 2.79. The highest BCUT2D eigenvalue weighted by molar-refractivity contribution is 5.46. The van der Waals surface area contributed by atoms with Gasteiger partial charge in [0.2, 0.25) is 0 Å². The number of rotatable bonds is 4. The maximum Gasteiger partial charge on any atom is 0.125 e. The average Bonchev–Trinajstić information content (AvgIpc) is 2.39. The number of hydrogen-bond donors (Lipinski definition) is 1. The van der Waals surface area contributed by atoms with Crippen LogP contribution in [0, 0.1) is 5.82 Å². The summed E-state index contributed by atoms with van der Waals surface area (Å²) in [5.41, 5.74) is 1.16. The second-order valence-electron chi connectivity index (χ2n) is 5.80. The molecule has 3 nitrogen and oxygen atoms in total. The summed E-state index contributed by atoms with van der Waals surface area (Å²) in [7, 11) is 1.99. The molecule has 1 heterocycles. The van der Waals surface area contributed by atoms with E-state index in [0.717, 1.165) is 38.4 Å². The van der Waals surface area contributed by atoms with E-state index < -0.39 is 0 Å². The van der Waals surface area contributed by atoms with Crippen molar-refractivity contribution < 1.29 is 4.39 Å². The van der Waals surface area contributed by atoms with Crippen LogP contribution in [0.1, 0.15) is 13.8 Å². The van der Waals surface area contributed by atoms with Gasteiger partial charge in [0.1, 0.15) is 5.82 Å². The molecule has 106 valence electrons. The summed E-state index contributed by atoms with van der Waals surface area (Å²) in [4.78, 5) is 4.76. The number of hydrogen-bond acceptors (Lipinski definition) is 3. The highest BCUT2D eigenvalue weighted by Crippen LogP contribution is 2.21. The zero-order valence-corrected chi connectivity index (χ0v) is 12.1. The Morgan fingerprint density at radius 3 is 2.47 bits per heavy atom. The molecular weight excluding hydrogens is 241 g/mol. The minimum atomic E-state index is -0.157. The minimum absolute atomic E-state index is 0.157. The second kappa shape index (κ2) is 5.88. The van der Waals surface area contributed by atoms with Gasteiger partial charge in [-0.25, -0.2) is 4.39 Å². The van der Waals surface area contributed by atoms with Crippen LogP contribution in [-0.2, 0) is 0 Å². The predicted molar refractivity (Wildman–Crippen MR) is 78.2 cm³/mol. The van der Waals surface area contributed by atoms with Crippen LogP contribution >= 0.6 is 0 Å². The van der Waals surface area contributed by atoms with Crippen molar-refractivity contribution >= 4 is 5.69 Å². The molecule has 1 saturated heterocycles. The molecule has 0 amide bonds. The summed E-state index contributed by atoms with van der Waals surface area (Å²) in [6.07, 6.45) is 0. The van der Waals surface area contributed by atoms with Gasteiger partial charge in [-0.05, 0) is 39.1 Å². The molecule has 1 N–H and O–H groups in total. The number of benzene rings is 1. The lowest BCUT2D eigenvalue weighted by atomic mass is 10.0. The number of likely N-dealkylation sites (N-methyl/N-ethyl adjacent to an activating group) is 1. The van der Waals surface area contributed by atoms with Gasteiger partial charge in [-0.2, -0.15) is 0 Å². The third-order valence-electron chi connectivity index (χ3n) is 3.92. The SMILES string of the molecule is CNCC(C)(C)N1CCN(c2cccc(F)c2)CC1. The summed E-state index contributed by atoms with van der Waals surface area (Å²) in [6, 6.07) is 6.88. The fraction of sp³-hybridized carbons (Fsp3) is 0.600. The smallest absolute Gasteiger partial charge is 0.125 e. The fourth-order valence-corrected chi connectivity index (χ4v) is 2.79. The molecule has 0 aliphatic carbocycles. The summed E-state index contributed by atoms with van der Waals surface area (Å²) in [6.45, 7) is 9.46. The van der Waals surface area contributed by atoms with Crippen molar-refractivity contribution in [3.63, 3.8) is 0 Å². The molecule has 1 aromatic carbocycles. The van der Waals surface area contributed by atoms with Crippen LogP contribution in [0.15, 0.2) is 24.3 Å². The van der Waals surface area contributed by atoms with E-state index in [4.69, 9.17) is 0 Å². The maximum atomic E-state index is 13.2. The van der Waals surface area contributed by atoms with Gasteiger partial charge in [-0.3, -0.25) is 4.90 Å². The molecule has 0 atom stereocenters. The van der Waals surface area contributed by atoms with Crippen LogP contribution in [0.25, 0.3) is 0 Å². The Morgan fingerprint density at radius 2 is 1.89 bits per heavy atom. The molecule has 19 heavy (non-hydrogen) atoms. The molecule has 1 fully saturated rings. The topological polar surface area (TPSA) is 18.5 Å². The molecule has 0 aromatic heterocycles. The van der Waals surface area contributed by atoms with Crippen LogP contribution in [-0.4, -0.2) is 50.2 Å². The molecule has 0 bridgehead atoms. The molecular formula is C15H24FN3. The van der Waals surface area contributed by atoms with Gasteiger partial charge in [0.15, 0.2) is 0 Å². The van der Waals surface area contributed by atoms with Crippen LogP contribution in [0.3, 0.4) is 0 Å². The van der Waals surface area contributed by atoms with Crippen molar-refractivity contribution in [2.24, 2.45) is 0 Å². The number of halogens is 1. The highest BCUT2D eigenvalue weighted by Gasteiger charge is 2.29. The number of piperazine rings is 1. The lowest BCUT2D eigenvalue weighted by molar-refractivity contribution is 0.112. The van der Waals surface area contributed by atoms with Gasteiger partial charge in [0.25, 0.3) is 0 Å². The van der Waals surface area contributed by atoms with Crippen LogP contribution in [0.4, 0.5) is 10.1 Å². The van der Waals surface area contributed by atoms with Crippen molar-refractivity contribution in [2.75, 3.05) is 44.7 Å². The van der Waals surface area contributed by atoms with Crippen molar-refractivity contribution in [1.82, 2.24) is 10.2 Å². The molecule has 1 aliphatic rings. The quantitative estimate of drug-likeness (QED) is 0.897. The van der Waals surface area contributed by atoms with Gasteiger partial charge < -0.3 is 10.2 Å². The third-order valence-corrected chi connectivity index (χ3v) is 3.92. The summed E-state index contributed by atoms with van der Waals surface area (Å²) in [5.74, 6) is -0.157. The first-order chi connectivity index (χ1) is 9.03. The Balaban J connectivity index is 1.96. The first kappa shape index (κ1) is 14.3. The van der Waals surface area contributed by atoms with Gasteiger partial charge in [-0.15, -0.1) is 0 Å². The van der Waals surface area contributed by atoms with Crippen LogP contribution in [0.5, 0.6) is 0 Å². The van der Waals surface area contributed by atoms with Gasteiger partial charge in [-0.1, -0.05) is 6.07 Å². The van der Waals surface area contributed by atoms with E-state index in [1.165, 1.54) is 6.07 Å². The molecule has 4 heteroatoms.